The fourth-order valence-electron chi connectivity index (χ4n) is 2.98. The molecule has 0 aliphatic heterocycles. The SMILES string of the molecule is O=[N+]([O-])c1cc(N=Nc2c(S(=O)(=O)O)cc3ccc(NCS(=O)(=O)O)cc3c2O)c(O)c(S(=O)(=O)O)c1.[Na].[Na].[Na]. The quantitative estimate of drug-likeness (QED) is 0.0658. The van der Waals surface area contributed by atoms with E-state index in [0.29, 0.717) is 12.1 Å². The number of nitro benzene ring substituents is 1. The standard InChI is InChI=1S/C17H14N4O13S3.3Na/c22-16-11-4-9(18-7-35(26,27)28)2-1-8(11)3-13(36(29,30)31)15(16)20-19-12-5-10(21(24)25)6-14(17(12)23)37(32,33)34;;;/h1-6,18,22-23H,7H2,(H,26,27,28)(H,29,30,31)(H,32,33,34);;;. The number of azo groups is 1. The largest absolute Gasteiger partial charge is 0.505 e. The Morgan fingerprint density at radius 3 is 1.88 bits per heavy atom. The van der Waals surface area contributed by atoms with Crippen molar-refractivity contribution >= 4 is 153 Å². The number of hydrogen-bond donors (Lipinski definition) is 6. The molecule has 40 heavy (non-hydrogen) atoms. The minimum absolute atomic E-state index is 0. The van der Waals surface area contributed by atoms with E-state index >= 15 is 0 Å². The van der Waals surface area contributed by atoms with Gasteiger partial charge in [0.25, 0.3) is 36.0 Å². The smallest absolute Gasteiger partial charge is 0.298 e. The third kappa shape index (κ3) is 9.54. The molecule has 3 aromatic carbocycles. The van der Waals surface area contributed by atoms with Gasteiger partial charge in [-0.2, -0.15) is 25.3 Å². The Balaban J connectivity index is 0.00000507. The maximum absolute atomic E-state index is 11.9. The predicted molar refractivity (Wildman–Crippen MR) is 141 cm³/mol. The number of non-ortho nitro benzene ring substituents is 1. The fourth-order valence-corrected chi connectivity index (χ4v) is 4.61. The van der Waals surface area contributed by atoms with Gasteiger partial charge in [0.15, 0.2) is 11.5 Å². The minimum Gasteiger partial charge on any atom is -0.505 e. The van der Waals surface area contributed by atoms with Gasteiger partial charge in [-0.1, -0.05) is 6.07 Å². The summed E-state index contributed by atoms with van der Waals surface area (Å²) in [6.07, 6.45) is 0. The van der Waals surface area contributed by atoms with Gasteiger partial charge >= 0.3 is 0 Å². The topological polar surface area (TPSA) is 283 Å². The van der Waals surface area contributed by atoms with Crippen molar-refractivity contribution in [1.82, 2.24) is 0 Å². The summed E-state index contributed by atoms with van der Waals surface area (Å²) in [6.45, 7) is 0. The van der Waals surface area contributed by atoms with Crippen molar-refractivity contribution < 1.29 is 54.0 Å². The molecule has 0 bridgehead atoms. The Labute approximate surface area is 292 Å². The molecule has 0 saturated heterocycles. The van der Waals surface area contributed by atoms with Crippen molar-refractivity contribution in [2.75, 3.05) is 11.2 Å². The molecule has 0 unspecified atom stereocenters. The van der Waals surface area contributed by atoms with E-state index in [9.17, 15) is 54.7 Å². The van der Waals surface area contributed by atoms with Crippen molar-refractivity contribution in [3.63, 3.8) is 0 Å². The molecule has 0 spiro atoms. The molecule has 3 aromatic rings. The maximum atomic E-state index is 11.9. The maximum Gasteiger partial charge on any atom is 0.298 e. The number of aromatic hydroxyl groups is 2. The average Bonchev–Trinajstić information content (AvgIpc) is 2.75. The van der Waals surface area contributed by atoms with Crippen LogP contribution in [-0.4, -0.2) is 149 Å². The van der Waals surface area contributed by atoms with Gasteiger partial charge in [-0.15, -0.1) is 10.2 Å². The number of phenols is 2. The zero-order chi connectivity index (χ0) is 27.9. The van der Waals surface area contributed by atoms with E-state index in [-0.39, 0.29) is 105 Å². The van der Waals surface area contributed by atoms with E-state index in [1.54, 1.807) is 0 Å². The fraction of sp³-hybridized carbons (Fsp3) is 0.0588. The Morgan fingerprint density at radius 1 is 0.800 bits per heavy atom. The van der Waals surface area contributed by atoms with Crippen LogP contribution in [0.3, 0.4) is 0 Å². The van der Waals surface area contributed by atoms with Gasteiger partial charge in [0.1, 0.15) is 27.0 Å². The predicted octanol–water partition coefficient (Wildman–Crippen LogP) is 1.18. The van der Waals surface area contributed by atoms with Crippen molar-refractivity contribution in [1.29, 1.82) is 0 Å². The number of hydrogen-bond acceptors (Lipinski definition) is 13. The second-order valence-corrected chi connectivity index (χ2v) is 11.4. The molecular formula is C17H14N4Na3O13S3. The molecule has 0 saturated carbocycles. The van der Waals surface area contributed by atoms with Crippen LogP contribution in [0, 0.1) is 10.1 Å². The molecule has 0 atom stereocenters. The van der Waals surface area contributed by atoms with Gasteiger partial charge in [0.05, 0.1) is 4.92 Å². The van der Waals surface area contributed by atoms with E-state index in [1.807, 2.05) is 0 Å². The zero-order valence-electron chi connectivity index (χ0n) is 20.7. The van der Waals surface area contributed by atoms with Gasteiger partial charge in [0.2, 0.25) is 0 Å². The summed E-state index contributed by atoms with van der Waals surface area (Å²) < 4.78 is 96.4. The molecule has 3 rings (SSSR count). The van der Waals surface area contributed by atoms with Crippen LogP contribution >= 0.6 is 0 Å². The summed E-state index contributed by atoms with van der Waals surface area (Å²) in [6, 6.07) is 5.26. The summed E-state index contributed by atoms with van der Waals surface area (Å²) >= 11 is 0. The molecule has 201 valence electrons. The van der Waals surface area contributed by atoms with E-state index in [0.717, 1.165) is 12.1 Å². The average molecular weight is 647 g/mol. The number of phenolic OH excluding ortho intramolecular Hbond substituents is 2. The zero-order valence-corrected chi connectivity index (χ0v) is 29.2. The molecule has 0 aliphatic carbocycles. The van der Waals surface area contributed by atoms with Gasteiger partial charge in [-0.05, 0) is 23.6 Å². The van der Waals surface area contributed by atoms with Crippen LogP contribution in [0.2, 0.25) is 0 Å². The Kier molecular flexibility index (Phi) is 14.1. The second-order valence-electron chi connectivity index (χ2n) is 7.13. The van der Waals surface area contributed by atoms with Crippen LogP contribution < -0.4 is 5.32 Å². The van der Waals surface area contributed by atoms with Crippen molar-refractivity contribution in [2.24, 2.45) is 10.2 Å². The number of fused-ring (bicyclic) bond motifs is 1. The second kappa shape index (κ2) is 14.5. The Morgan fingerprint density at radius 2 is 1.38 bits per heavy atom. The van der Waals surface area contributed by atoms with Crippen LogP contribution in [0.4, 0.5) is 22.7 Å². The third-order valence-electron chi connectivity index (χ3n) is 4.58. The van der Waals surface area contributed by atoms with Crippen molar-refractivity contribution in [3.05, 3.63) is 46.5 Å². The van der Waals surface area contributed by atoms with Crippen molar-refractivity contribution in [2.45, 2.75) is 9.79 Å². The van der Waals surface area contributed by atoms with E-state index in [4.69, 9.17) is 4.55 Å². The summed E-state index contributed by atoms with van der Waals surface area (Å²) in [5.41, 5.74) is -2.84. The molecule has 3 radical (unpaired) electrons. The van der Waals surface area contributed by atoms with Crippen LogP contribution in [-0.2, 0) is 30.4 Å². The summed E-state index contributed by atoms with van der Waals surface area (Å²) in [7, 11) is -14.7. The molecule has 23 heteroatoms. The van der Waals surface area contributed by atoms with Gasteiger partial charge in [-0.25, -0.2) is 0 Å². The summed E-state index contributed by atoms with van der Waals surface area (Å²) in [5, 5.41) is 40.8. The summed E-state index contributed by atoms with van der Waals surface area (Å²) in [5.74, 6) is -3.18. The first-order valence-corrected chi connectivity index (χ1v) is 13.7. The number of benzene rings is 3. The Hall–Kier alpha value is -0.950. The molecule has 6 N–H and O–H groups in total. The number of nitrogens with one attached hydrogen (secondary N) is 1. The molecule has 0 heterocycles. The molecule has 0 aliphatic rings. The third-order valence-corrected chi connectivity index (χ3v) is 6.82. The first-order chi connectivity index (χ1) is 16.9. The summed E-state index contributed by atoms with van der Waals surface area (Å²) in [4.78, 5) is 7.69. The Bertz CT molecular complexity index is 1820. The van der Waals surface area contributed by atoms with Crippen molar-refractivity contribution in [3.8, 4) is 11.5 Å². The van der Waals surface area contributed by atoms with Crippen LogP contribution in [0.15, 0.2) is 56.4 Å². The molecular weight excluding hydrogens is 633 g/mol. The van der Waals surface area contributed by atoms with E-state index < -0.39 is 79.5 Å². The monoisotopic (exact) mass is 647 g/mol. The minimum atomic E-state index is -5.19. The number of anilines is 1. The molecule has 0 fully saturated rings. The molecule has 0 aromatic heterocycles. The number of nitrogens with zero attached hydrogens (tertiary/aromatic N) is 3. The van der Waals surface area contributed by atoms with E-state index in [2.05, 4.69) is 15.5 Å². The normalized spacial score (nSPS) is 11.8. The molecule has 0 amide bonds. The van der Waals surface area contributed by atoms with Crippen LogP contribution in [0.5, 0.6) is 11.5 Å². The van der Waals surface area contributed by atoms with Gasteiger partial charge in [0, 0.05) is 112 Å². The molecule has 17 nitrogen and oxygen atoms in total. The van der Waals surface area contributed by atoms with Crippen LogP contribution in [0.25, 0.3) is 10.8 Å². The first kappa shape index (κ1) is 39.0. The van der Waals surface area contributed by atoms with Crippen LogP contribution in [0.1, 0.15) is 0 Å². The first-order valence-electron chi connectivity index (χ1n) is 9.25. The van der Waals surface area contributed by atoms with E-state index in [1.165, 1.54) is 12.1 Å². The van der Waals surface area contributed by atoms with Gasteiger partial charge < -0.3 is 15.5 Å². The number of rotatable bonds is 8. The van der Waals surface area contributed by atoms with Gasteiger partial charge in [-0.3, -0.25) is 23.8 Å². The number of nitro groups is 1.